The Morgan fingerprint density at radius 3 is 2.23 bits per heavy atom. The standard InChI is InChI=1S/C9H20N2OS/c1-4-11(5-2)13(3,12)9-10-7-6-8-10/h3-9H2,1-2H3. The van der Waals surface area contributed by atoms with E-state index in [1.165, 1.54) is 6.42 Å². The molecular weight excluding hydrogens is 184 g/mol. The van der Waals surface area contributed by atoms with Gasteiger partial charge in [-0.2, -0.15) is 0 Å². The average molecular weight is 204 g/mol. The molecule has 78 valence electrons. The zero-order chi connectivity index (χ0) is 9.90. The van der Waals surface area contributed by atoms with Crippen LogP contribution in [0.25, 0.3) is 0 Å². The first kappa shape index (κ1) is 11.0. The Morgan fingerprint density at radius 1 is 1.38 bits per heavy atom. The minimum atomic E-state index is -2.02. The number of hydrogen-bond donors (Lipinski definition) is 0. The third-order valence-corrected chi connectivity index (χ3v) is 4.74. The van der Waals surface area contributed by atoms with Gasteiger partial charge in [-0.05, 0) is 12.3 Å². The summed E-state index contributed by atoms with van der Waals surface area (Å²) in [5, 5.41) is 0. The van der Waals surface area contributed by atoms with Crippen LogP contribution < -0.4 is 0 Å². The normalized spacial score (nSPS) is 22.7. The van der Waals surface area contributed by atoms with E-state index in [4.69, 9.17) is 0 Å². The maximum absolute atomic E-state index is 12.1. The van der Waals surface area contributed by atoms with Gasteiger partial charge in [0.1, 0.15) is 0 Å². The summed E-state index contributed by atoms with van der Waals surface area (Å²) in [7, 11) is -2.02. The lowest BCUT2D eigenvalue weighted by Crippen LogP contribution is -2.45. The highest BCUT2D eigenvalue weighted by Crippen LogP contribution is 2.10. The first-order valence-corrected chi connectivity index (χ1v) is 6.78. The summed E-state index contributed by atoms with van der Waals surface area (Å²) in [5.41, 5.74) is 0. The molecule has 1 fully saturated rings. The van der Waals surface area contributed by atoms with Gasteiger partial charge in [0.2, 0.25) is 0 Å². The van der Waals surface area contributed by atoms with Gasteiger partial charge in [-0.15, -0.1) is 0 Å². The maximum atomic E-state index is 12.1. The summed E-state index contributed by atoms with van der Waals surface area (Å²) in [6.45, 7) is 7.90. The van der Waals surface area contributed by atoms with Gasteiger partial charge in [0, 0.05) is 35.9 Å². The molecular formula is C9H20N2OS. The highest BCUT2D eigenvalue weighted by Gasteiger charge is 2.20. The summed E-state index contributed by atoms with van der Waals surface area (Å²) >= 11 is 0. The van der Waals surface area contributed by atoms with E-state index in [1.807, 2.05) is 18.2 Å². The van der Waals surface area contributed by atoms with Crippen molar-refractivity contribution in [3.63, 3.8) is 0 Å². The van der Waals surface area contributed by atoms with Crippen molar-refractivity contribution >= 4 is 15.6 Å². The fraction of sp³-hybridized carbons (Fsp3) is 0.889. The molecule has 4 heteroatoms. The van der Waals surface area contributed by atoms with Gasteiger partial charge in [-0.25, -0.2) is 4.31 Å². The fourth-order valence-electron chi connectivity index (χ4n) is 1.57. The van der Waals surface area contributed by atoms with Crippen molar-refractivity contribution in [3.8, 4) is 0 Å². The van der Waals surface area contributed by atoms with E-state index in [-0.39, 0.29) is 0 Å². The van der Waals surface area contributed by atoms with Crippen molar-refractivity contribution in [1.82, 2.24) is 9.21 Å². The first-order chi connectivity index (χ1) is 6.10. The van der Waals surface area contributed by atoms with E-state index < -0.39 is 9.71 Å². The van der Waals surface area contributed by atoms with E-state index >= 15 is 0 Å². The predicted octanol–water partition coefficient (Wildman–Crippen LogP) is 0.623. The lowest BCUT2D eigenvalue weighted by Gasteiger charge is -2.34. The Bertz CT molecular complexity index is 240. The van der Waals surface area contributed by atoms with Crippen molar-refractivity contribution in [1.29, 1.82) is 0 Å². The lowest BCUT2D eigenvalue weighted by molar-refractivity contribution is 0.212. The molecule has 1 rings (SSSR count). The SMILES string of the molecule is C=S(=O)(CN1CCC1)N(CC)CC. The van der Waals surface area contributed by atoms with Crippen LogP contribution in [0.4, 0.5) is 0 Å². The van der Waals surface area contributed by atoms with Gasteiger partial charge >= 0.3 is 0 Å². The summed E-state index contributed by atoms with van der Waals surface area (Å²) in [4.78, 5) is 2.22. The molecule has 13 heavy (non-hydrogen) atoms. The molecule has 0 N–H and O–H groups in total. The molecule has 1 atom stereocenters. The second-order valence-electron chi connectivity index (χ2n) is 3.49. The van der Waals surface area contributed by atoms with Crippen LogP contribution in [-0.2, 0) is 9.71 Å². The zero-order valence-electron chi connectivity index (χ0n) is 8.66. The predicted molar refractivity (Wildman–Crippen MR) is 59.2 cm³/mol. The molecule has 0 aromatic rings. The van der Waals surface area contributed by atoms with Gasteiger partial charge in [0.25, 0.3) is 0 Å². The molecule has 0 bridgehead atoms. The topological polar surface area (TPSA) is 23.6 Å². The maximum Gasteiger partial charge on any atom is 0.0804 e. The second kappa shape index (κ2) is 4.44. The minimum Gasteiger partial charge on any atom is -0.291 e. The molecule has 3 nitrogen and oxygen atoms in total. The van der Waals surface area contributed by atoms with Crippen molar-refractivity contribution < 1.29 is 4.21 Å². The van der Waals surface area contributed by atoms with Gasteiger partial charge in [-0.3, -0.25) is 9.11 Å². The Morgan fingerprint density at radius 2 is 1.92 bits per heavy atom. The van der Waals surface area contributed by atoms with Crippen LogP contribution in [0.3, 0.4) is 0 Å². The van der Waals surface area contributed by atoms with E-state index in [0.717, 1.165) is 26.2 Å². The second-order valence-corrected chi connectivity index (χ2v) is 5.81. The summed E-state index contributed by atoms with van der Waals surface area (Å²) in [6, 6.07) is 0. The zero-order valence-corrected chi connectivity index (χ0v) is 9.48. The number of likely N-dealkylation sites (tertiary alicyclic amines) is 1. The molecule has 0 radical (unpaired) electrons. The third-order valence-electron chi connectivity index (χ3n) is 2.51. The van der Waals surface area contributed by atoms with Gasteiger partial charge < -0.3 is 0 Å². The van der Waals surface area contributed by atoms with Crippen LogP contribution in [0.15, 0.2) is 0 Å². The third kappa shape index (κ3) is 2.69. The molecule has 1 unspecified atom stereocenters. The molecule has 0 aromatic carbocycles. The molecule has 1 aliphatic rings. The van der Waals surface area contributed by atoms with Crippen LogP contribution in [-0.4, -0.2) is 51.3 Å². The largest absolute Gasteiger partial charge is 0.291 e. The smallest absolute Gasteiger partial charge is 0.0804 e. The average Bonchev–Trinajstić information content (AvgIpc) is 1.99. The van der Waals surface area contributed by atoms with E-state index in [2.05, 4.69) is 10.8 Å². The van der Waals surface area contributed by atoms with E-state index in [1.54, 1.807) is 0 Å². The van der Waals surface area contributed by atoms with Crippen LogP contribution in [0, 0.1) is 0 Å². The molecule has 0 aromatic heterocycles. The molecule has 1 aliphatic heterocycles. The monoisotopic (exact) mass is 204 g/mol. The Labute approximate surface area is 81.9 Å². The van der Waals surface area contributed by atoms with Crippen molar-refractivity contribution in [2.24, 2.45) is 0 Å². The van der Waals surface area contributed by atoms with Crippen molar-refractivity contribution in [3.05, 3.63) is 0 Å². The van der Waals surface area contributed by atoms with Crippen LogP contribution >= 0.6 is 0 Å². The summed E-state index contributed by atoms with van der Waals surface area (Å²) in [6.07, 6.45) is 1.24. The Balaban J connectivity index is 2.52. The summed E-state index contributed by atoms with van der Waals surface area (Å²) < 4.78 is 14.1. The molecule has 1 heterocycles. The number of hydrogen-bond acceptors (Lipinski definition) is 2. The van der Waals surface area contributed by atoms with Crippen molar-refractivity contribution in [2.75, 3.05) is 32.1 Å². The first-order valence-electron chi connectivity index (χ1n) is 4.92. The fourth-order valence-corrected chi connectivity index (χ4v) is 3.51. The molecule has 0 amide bonds. The van der Waals surface area contributed by atoms with Gasteiger partial charge in [0.15, 0.2) is 0 Å². The Hall–Kier alpha value is -0.0600. The Kier molecular flexibility index (Phi) is 3.76. The van der Waals surface area contributed by atoms with E-state index in [0.29, 0.717) is 5.88 Å². The quantitative estimate of drug-likeness (QED) is 0.613. The van der Waals surface area contributed by atoms with Gasteiger partial charge in [0.05, 0.1) is 5.88 Å². The summed E-state index contributed by atoms with van der Waals surface area (Å²) in [5.74, 6) is 4.49. The van der Waals surface area contributed by atoms with Crippen LogP contribution in [0.5, 0.6) is 0 Å². The highest BCUT2D eigenvalue weighted by molar-refractivity contribution is 7.98. The molecule has 0 saturated carbocycles. The van der Waals surface area contributed by atoms with E-state index in [9.17, 15) is 4.21 Å². The van der Waals surface area contributed by atoms with Gasteiger partial charge in [-0.1, -0.05) is 13.8 Å². The molecule has 1 saturated heterocycles. The van der Waals surface area contributed by atoms with Crippen molar-refractivity contribution in [2.45, 2.75) is 20.3 Å². The van der Waals surface area contributed by atoms with Crippen LogP contribution in [0.2, 0.25) is 0 Å². The lowest BCUT2D eigenvalue weighted by atomic mass is 10.2. The minimum absolute atomic E-state index is 0.648. The molecule has 0 aliphatic carbocycles. The van der Waals surface area contributed by atoms with Crippen LogP contribution in [0.1, 0.15) is 20.3 Å². The molecule has 0 spiro atoms. The highest BCUT2D eigenvalue weighted by atomic mass is 32.2. The number of rotatable bonds is 5. The number of nitrogens with zero attached hydrogens (tertiary/aromatic N) is 2.